The van der Waals surface area contributed by atoms with Gasteiger partial charge in [-0.05, 0) is 12.0 Å². The van der Waals surface area contributed by atoms with Gasteiger partial charge in [0.1, 0.15) is 0 Å². The third kappa shape index (κ3) is 1.05. The fourth-order valence-corrected chi connectivity index (χ4v) is 2.37. The van der Waals surface area contributed by atoms with Crippen LogP contribution in [0.4, 0.5) is 0 Å². The van der Waals surface area contributed by atoms with Gasteiger partial charge in [0.25, 0.3) is 0 Å². The summed E-state index contributed by atoms with van der Waals surface area (Å²) in [6.45, 7) is 6.22. The molecule has 1 aromatic carbocycles. The van der Waals surface area contributed by atoms with Gasteiger partial charge in [0.15, 0.2) is 0 Å². The molecule has 2 atom stereocenters. The monoisotopic (exact) mass is 188 g/mol. The average Bonchev–Trinajstić information content (AvgIpc) is 2.88. The van der Waals surface area contributed by atoms with E-state index < -0.39 is 0 Å². The zero-order valence-electron chi connectivity index (χ0n) is 8.53. The molecule has 1 fully saturated rings. The molecular formula is C13H16O. The summed E-state index contributed by atoms with van der Waals surface area (Å²) in [6, 6.07) is 10.4. The molecule has 14 heavy (non-hydrogen) atoms. The smallest absolute Gasteiger partial charge is 0.0530 e. The minimum Gasteiger partial charge on any atom is -0.395 e. The van der Waals surface area contributed by atoms with Crippen molar-refractivity contribution in [3.63, 3.8) is 0 Å². The molecule has 1 N–H and O–H groups in total. The van der Waals surface area contributed by atoms with Crippen molar-refractivity contribution in [2.45, 2.75) is 18.8 Å². The molecule has 1 saturated carbocycles. The van der Waals surface area contributed by atoms with Crippen LogP contribution < -0.4 is 0 Å². The van der Waals surface area contributed by atoms with Crippen LogP contribution in [0.15, 0.2) is 43.0 Å². The van der Waals surface area contributed by atoms with Crippen molar-refractivity contribution in [1.29, 1.82) is 0 Å². The largest absolute Gasteiger partial charge is 0.395 e. The third-order valence-electron chi connectivity index (χ3n) is 3.73. The van der Waals surface area contributed by atoms with E-state index >= 15 is 0 Å². The van der Waals surface area contributed by atoms with Crippen molar-refractivity contribution in [2.24, 2.45) is 5.41 Å². The summed E-state index contributed by atoms with van der Waals surface area (Å²) in [5.74, 6) is 0. The first kappa shape index (κ1) is 9.47. The van der Waals surface area contributed by atoms with Gasteiger partial charge < -0.3 is 5.11 Å². The highest BCUT2D eigenvalue weighted by Crippen LogP contribution is 2.64. The van der Waals surface area contributed by atoms with Crippen LogP contribution in [0.25, 0.3) is 0 Å². The van der Waals surface area contributed by atoms with E-state index in [0.717, 1.165) is 6.42 Å². The van der Waals surface area contributed by atoms with Crippen LogP contribution in [0.1, 0.15) is 18.9 Å². The molecule has 74 valence electrons. The second-order valence-electron chi connectivity index (χ2n) is 4.39. The van der Waals surface area contributed by atoms with Crippen LogP contribution in [0.5, 0.6) is 0 Å². The Balaban J connectivity index is 2.34. The van der Waals surface area contributed by atoms with Crippen LogP contribution >= 0.6 is 0 Å². The number of hydrogen-bond donors (Lipinski definition) is 1. The van der Waals surface area contributed by atoms with E-state index in [0.29, 0.717) is 0 Å². The second-order valence-corrected chi connectivity index (χ2v) is 4.39. The number of rotatable bonds is 3. The van der Waals surface area contributed by atoms with E-state index in [-0.39, 0.29) is 17.4 Å². The number of aliphatic hydroxyl groups is 1. The summed E-state index contributed by atoms with van der Waals surface area (Å²) in [7, 11) is 0. The normalized spacial score (nSPS) is 35.3. The molecule has 1 aromatic rings. The van der Waals surface area contributed by atoms with Crippen molar-refractivity contribution in [3.8, 4) is 0 Å². The molecule has 1 aliphatic rings. The Morgan fingerprint density at radius 1 is 1.43 bits per heavy atom. The lowest BCUT2D eigenvalue weighted by Crippen LogP contribution is -2.16. The van der Waals surface area contributed by atoms with Crippen LogP contribution in [-0.4, -0.2) is 11.7 Å². The van der Waals surface area contributed by atoms with Crippen molar-refractivity contribution < 1.29 is 5.11 Å². The molecular weight excluding hydrogens is 172 g/mol. The Morgan fingerprint density at radius 3 is 2.50 bits per heavy atom. The molecule has 0 radical (unpaired) electrons. The average molecular weight is 188 g/mol. The fourth-order valence-electron chi connectivity index (χ4n) is 2.37. The van der Waals surface area contributed by atoms with Gasteiger partial charge in [-0.2, -0.15) is 0 Å². The number of benzene rings is 1. The Morgan fingerprint density at radius 2 is 2.07 bits per heavy atom. The van der Waals surface area contributed by atoms with Crippen LogP contribution in [0, 0.1) is 5.41 Å². The first-order valence-corrected chi connectivity index (χ1v) is 4.98. The molecule has 0 bridgehead atoms. The molecule has 0 unspecified atom stereocenters. The van der Waals surface area contributed by atoms with Crippen molar-refractivity contribution in [2.75, 3.05) is 6.61 Å². The predicted octanol–water partition coefficient (Wildman–Crippen LogP) is 2.51. The molecule has 0 aromatic heterocycles. The standard InChI is InChI=1S/C13H16O/c1-3-13(10-14)9-12(13,2)11-7-5-4-6-8-11/h3-8,14H,1,9-10H2,2H3/t12-,13+/m1/s1. The molecule has 2 rings (SSSR count). The van der Waals surface area contributed by atoms with Gasteiger partial charge in [-0.25, -0.2) is 0 Å². The van der Waals surface area contributed by atoms with E-state index in [1.165, 1.54) is 5.56 Å². The molecule has 1 heteroatoms. The van der Waals surface area contributed by atoms with E-state index in [9.17, 15) is 5.11 Å². The molecule has 1 nitrogen and oxygen atoms in total. The quantitative estimate of drug-likeness (QED) is 0.723. The lowest BCUT2D eigenvalue weighted by Gasteiger charge is -2.17. The third-order valence-corrected chi connectivity index (χ3v) is 3.73. The van der Waals surface area contributed by atoms with Gasteiger partial charge in [0, 0.05) is 10.8 Å². The fraction of sp³-hybridized carbons (Fsp3) is 0.385. The maximum absolute atomic E-state index is 9.38. The van der Waals surface area contributed by atoms with E-state index in [1.54, 1.807) is 0 Å². The zero-order chi connectivity index (χ0) is 10.2. The summed E-state index contributed by atoms with van der Waals surface area (Å²) in [6.07, 6.45) is 2.91. The van der Waals surface area contributed by atoms with Gasteiger partial charge in [-0.15, -0.1) is 6.58 Å². The Bertz CT molecular complexity index is 344. The van der Waals surface area contributed by atoms with Gasteiger partial charge >= 0.3 is 0 Å². The SMILES string of the molecule is C=C[C@@]1(CO)C[C@]1(C)c1ccccc1. The summed E-state index contributed by atoms with van der Waals surface area (Å²) < 4.78 is 0. The summed E-state index contributed by atoms with van der Waals surface area (Å²) in [4.78, 5) is 0. The van der Waals surface area contributed by atoms with Crippen molar-refractivity contribution in [3.05, 3.63) is 48.6 Å². The van der Waals surface area contributed by atoms with Gasteiger partial charge in [0.2, 0.25) is 0 Å². The summed E-state index contributed by atoms with van der Waals surface area (Å²) >= 11 is 0. The number of aliphatic hydroxyl groups excluding tert-OH is 1. The highest BCUT2D eigenvalue weighted by Gasteiger charge is 2.62. The molecule has 0 saturated heterocycles. The molecule has 0 spiro atoms. The summed E-state index contributed by atoms with van der Waals surface area (Å²) in [5.41, 5.74) is 1.30. The van der Waals surface area contributed by atoms with Crippen molar-refractivity contribution in [1.82, 2.24) is 0 Å². The van der Waals surface area contributed by atoms with Gasteiger partial charge in [-0.3, -0.25) is 0 Å². The minimum atomic E-state index is -0.0889. The van der Waals surface area contributed by atoms with E-state index in [2.05, 4.69) is 25.6 Å². The summed E-state index contributed by atoms with van der Waals surface area (Å²) in [5, 5.41) is 9.38. The first-order chi connectivity index (χ1) is 6.68. The van der Waals surface area contributed by atoms with Crippen LogP contribution in [-0.2, 0) is 5.41 Å². The minimum absolute atomic E-state index is 0.0881. The zero-order valence-corrected chi connectivity index (χ0v) is 8.53. The Kier molecular flexibility index (Phi) is 2.00. The molecule has 0 aliphatic heterocycles. The first-order valence-electron chi connectivity index (χ1n) is 4.98. The highest BCUT2D eigenvalue weighted by atomic mass is 16.3. The van der Waals surface area contributed by atoms with E-state index in [4.69, 9.17) is 0 Å². The Hall–Kier alpha value is -1.08. The number of hydrogen-bond acceptors (Lipinski definition) is 1. The lowest BCUT2D eigenvalue weighted by atomic mass is 9.88. The lowest BCUT2D eigenvalue weighted by molar-refractivity contribution is 0.226. The molecule has 0 amide bonds. The Labute approximate surface area is 85.1 Å². The maximum atomic E-state index is 9.38. The van der Waals surface area contributed by atoms with Crippen LogP contribution in [0.2, 0.25) is 0 Å². The van der Waals surface area contributed by atoms with Gasteiger partial charge in [0.05, 0.1) is 6.61 Å². The molecule has 1 aliphatic carbocycles. The van der Waals surface area contributed by atoms with Gasteiger partial charge in [-0.1, -0.05) is 43.3 Å². The molecule has 0 heterocycles. The second kappa shape index (κ2) is 2.96. The van der Waals surface area contributed by atoms with Crippen LogP contribution in [0.3, 0.4) is 0 Å². The van der Waals surface area contributed by atoms with E-state index in [1.807, 2.05) is 24.3 Å². The maximum Gasteiger partial charge on any atom is 0.0530 e. The topological polar surface area (TPSA) is 20.2 Å². The predicted molar refractivity (Wildman–Crippen MR) is 58.1 cm³/mol. The van der Waals surface area contributed by atoms with Crippen molar-refractivity contribution >= 4 is 0 Å². The highest BCUT2D eigenvalue weighted by molar-refractivity contribution is 5.40.